The molecule has 0 aliphatic rings. The number of hydrogen-bond acceptors (Lipinski definition) is 12. The van der Waals surface area contributed by atoms with Crippen molar-refractivity contribution in [2.75, 3.05) is 52.2 Å². The second-order valence-electron chi connectivity index (χ2n) is 16.1. The maximum atomic E-state index is 14.1. The van der Waals surface area contributed by atoms with Gasteiger partial charge in [0.05, 0.1) is 23.8 Å². The first-order valence-corrected chi connectivity index (χ1v) is 21.7. The lowest BCUT2D eigenvalue weighted by atomic mass is 10.0. The average Bonchev–Trinajstić information content (AvgIpc) is 4.19. The van der Waals surface area contributed by atoms with Gasteiger partial charge in [-0.25, -0.2) is 36.6 Å². The number of amides is 4. The van der Waals surface area contributed by atoms with Crippen LogP contribution in [0.5, 0.6) is 11.5 Å². The summed E-state index contributed by atoms with van der Waals surface area (Å²) in [5.74, 6) is -2.79. The number of benzene rings is 2. The summed E-state index contributed by atoms with van der Waals surface area (Å²) >= 11 is 0. The Kier molecular flexibility index (Phi) is 16.5. The predicted octanol–water partition coefficient (Wildman–Crippen LogP) is 7.03. The summed E-state index contributed by atoms with van der Waals surface area (Å²) in [6, 6.07) is 9.80. The summed E-state index contributed by atoms with van der Waals surface area (Å²) in [4.78, 5) is 61.6. The molecule has 8 aromatic rings. The van der Waals surface area contributed by atoms with E-state index in [0.717, 1.165) is 36.4 Å². The van der Waals surface area contributed by atoms with E-state index in [1.54, 1.807) is 24.5 Å². The monoisotopic (exact) mass is 1040 g/mol. The molecule has 6 aromatic heterocycles. The molecule has 2 N–H and O–H groups in total. The number of anilines is 2. The van der Waals surface area contributed by atoms with E-state index in [9.17, 15) is 54.3 Å². The summed E-state index contributed by atoms with van der Waals surface area (Å²) in [5, 5.41) is 21.9. The molecule has 0 saturated carbocycles. The zero-order valence-electron chi connectivity index (χ0n) is 39.2. The smallest absolute Gasteiger partial charge is 0.387 e. The van der Waals surface area contributed by atoms with E-state index in [1.165, 1.54) is 93.6 Å². The van der Waals surface area contributed by atoms with Crippen LogP contribution in [0.25, 0.3) is 33.8 Å². The van der Waals surface area contributed by atoms with Gasteiger partial charge in [0.1, 0.15) is 60.5 Å². The lowest BCUT2D eigenvalue weighted by Gasteiger charge is -2.14. The van der Waals surface area contributed by atoms with Crippen LogP contribution in [0, 0.1) is 0 Å². The van der Waals surface area contributed by atoms with Crippen LogP contribution in [-0.2, 0) is 22.7 Å². The first-order valence-electron chi connectivity index (χ1n) is 21.7. The lowest BCUT2D eigenvalue weighted by Crippen LogP contribution is -2.26. The highest BCUT2D eigenvalue weighted by molar-refractivity contribution is 6.10. The minimum atomic E-state index is -3.23. The Hall–Kier alpha value is -8.98. The third kappa shape index (κ3) is 12.2. The fraction of sp³-hybridized carbons (Fsp3) is 0.261. The number of hydrogen-bond donors (Lipinski definition) is 2. The zero-order valence-corrected chi connectivity index (χ0v) is 39.2. The highest BCUT2D eigenvalue weighted by Crippen LogP contribution is 2.40. The first kappa shape index (κ1) is 52.8. The molecule has 0 aliphatic carbocycles. The molecule has 0 spiro atoms. The number of rotatable bonds is 18. The Morgan fingerprint density at radius 1 is 0.608 bits per heavy atom. The molecule has 28 heteroatoms. The minimum absolute atomic E-state index is 0.00115. The number of nitrogens with zero attached hydrogens (tertiary/aromatic N) is 12. The number of nitrogens with one attached hydrogen (secondary N) is 2. The quantitative estimate of drug-likeness (QED) is 0.0830. The standard InChI is InChI=1S/2C23H21F4N7O3/c2*1-32(2)19(35)12-33-11-17(30-22(36)15-10-29-34-7-3-6-28-21(15)34)20(31-33)14-8-13(16(25)9-24)4-5-18(14)37-23(26)27/h2*3-8,10-11,16,23H,9,12H2,1-2H3,(H,30,36). The molecular weight excluding hydrogens is 997 g/mol. The molecule has 8 rings (SSSR count). The molecule has 20 nitrogen and oxygen atoms in total. The highest BCUT2D eigenvalue weighted by atomic mass is 19.3. The van der Waals surface area contributed by atoms with Gasteiger partial charge in [0.25, 0.3) is 11.8 Å². The summed E-state index contributed by atoms with van der Waals surface area (Å²) < 4.78 is 121. The molecular formula is C46H42F8N14O6. The number of ether oxygens (including phenoxy) is 2. The van der Waals surface area contributed by atoms with Crippen molar-refractivity contribution < 1.29 is 63.8 Å². The first-order chi connectivity index (χ1) is 35.3. The van der Waals surface area contributed by atoms with Crippen LogP contribution in [0.1, 0.15) is 44.2 Å². The van der Waals surface area contributed by atoms with E-state index in [1.807, 2.05) is 0 Å². The van der Waals surface area contributed by atoms with E-state index < -0.39 is 50.7 Å². The van der Waals surface area contributed by atoms with E-state index in [0.29, 0.717) is 0 Å². The largest absolute Gasteiger partial charge is 0.434 e. The van der Waals surface area contributed by atoms with E-state index >= 15 is 0 Å². The molecule has 0 fully saturated rings. The summed E-state index contributed by atoms with van der Waals surface area (Å²) in [6.45, 7) is -9.65. The fourth-order valence-electron chi connectivity index (χ4n) is 6.93. The van der Waals surface area contributed by atoms with Crippen LogP contribution >= 0.6 is 0 Å². The van der Waals surface area contributed by atoms with Gasteiger partial charge in [-0.05, 0) is 47.5 Å². The maximum Gasteiger partial charge on any atom is 0.387 e. The van der Waals surface area contributed by atoms with Crippen LogP contribution in [0.3, 0.4) is 0 Å². The second kappa shape index (κ2) is 23.1. The van der Waals surface area contributed by atoms with Gasteiger partial charge in [-0.1, -0.05) is 12.1 Å². The van der Waals surface area contributed by atoms with Crippen molar-refractivity contribution in [1.82, 2.24) is 58.6 Å². The number of carbonyl (C=O) groups is 4. The van der Waals surface area contributed by atoms with Gasteiger partial charge in [0, 0.05) is 76.5 Å². The van der Waals surface area contributed by atoms with Crippen molar-refractivity contribution >= 4 is 46.3 Å². The Bertz CT molecular complexity index is 3090. The summed E-state index contributed by atoms with van der Waals surface area (Å²) in [6.07, 6.45) is 7.28. The number of halogens is 8. The second-order valence-corrected chi connectivity index (χ2v) is 16.1. The predicted molar refractivity (Wildman–Crippen MR) is 248 cm³/mol. The molecule has 2 atom stereocenters. The highest BCUT2D eigenvalue weighted by Gasteiger charge is 2.27. The molecule has 6 heterocycles. The van der Waals surface area contributed by atoms with Gasteiger partial charge in [0.15, 0.2) is 23.6 Å². The van der Waals surface area contributed by atoms with Gasteiger partial charge in [0.2, 0.25) is 11.8 Å². The third-order valence-corrected chi connectivity index (χ3v) is 10.6. The van der Waals surface area contributed by atoms with Crippen LogP contribution in [0.4, 0.5) is 46.5 Å². The summed E-state index contributed by atoms with van der Waals surface area (Å²) in [7, 11) is 6.13. The van der Waals surface area contributed by atoms with Gasteiger partial charge < -0.3 is 29.9 Å². The van der Waals surface area contributed by atoms with Crippen molar-refractivity contribution in [2.45, 2.75) is 38.7 Å². The molecule has 0 radical (unpaired) electrons. The number of aromatic nitrogens is 10. The third-order valence-electron chi connectivity index (χ3n) is 10.6. The lowest BCUT2D eigenvalue weighted by molar-refractivity contribution is -0.130. The Labute approximate surface area is 413 Å². The van der Waals surface area contributed by atoms with Crippen LogP contribution < -0.4 is 20.1 Å². The SMILES string of the molecule is CN(C)C(=O)Cn1cc(NC(=O)c2cnn3cccnc23)c(-c2cc(C(F)CF)ccc2OC(F)F)n1.CN(C)C(=O)Cn1cc(NC(=O)c2cnn3cccnc23)c(-c2cc(C(F)CF)ccc2OC(F)F)n1. The van der Waals surface area contributed by atoms with Gasteiger partial charge >= 0.3 is 13.2 Å². The van der Waals surface area contributed by atoms with Gasteiger partial charge in [-0.3, -0.25) is 28.5 Å². The molecule has 388 valence electrons. The van der Waals surface area contributed by atoms with E-state index in [4.69, 9.17) is 0 Å². The molecule has 0 bridgehead atoms. The van der Waals surface area contributed by atoms with Gasteiger partial charge in [-0.15, -0.1) is 0 Å². The Morgan fingerprint density at radius 3 is 1.35 bits per heavy atom. The van der Waals surface area contributed by atoms with Crippen LogP contribution in [0.15, 0.2) is 98.1 Å². The van der Waals surface area contributed by atoms with E-state index in [-0.39, 0.29) is 104 Å². The molecule has 4 amide bonds. The van der Waals surface area contributed by atoms with Crippen LogP contribution in [-0.4, -0.2) is 137 Å². The van der Waals surface area contributed by atoms with Crippen molar-refractivity contribution in [3.63, 3.8) is 0 Å². The number of alkyl halides is 8. The van der Waals surface area contributed by atoms with Crippen molar-refractivity contribution in [3.05, 3.63) is 120 Å². The fourth-order valence-corrected chi connectivity index (χ4v) is 6.93. The van der Waals surface area contributed by atoms with Crippen molar-refractivity contribution in [2.24, 2.45) is 0 Å². The average molecular weight is 1040 g/mol. The van der Waals surface area contributed by atoms with Crippen LogP contribution in [0.2, 0.25) is 0 Å². The zero-order chi connectivity index (χ0) is 53.4. The topological polar surface area (TPSA) is 213 Å². The molecule has 0 saturated heterocycles. The maximum absolute atomic E-state index is 14.1. The van der Waals surface area contributed by atoms with Crippen molar-refractivity contribution in [1.29, 1.82) is 0 Å². The molecule has 0 aliphatic heterocycles. The van der Waals surface area contributed by atoms with E-state index in [2.05, 4.69) is 50.5 Å². The minimum Gasteiger partial charge on any atom is -0.434 e. The van der Waals surface area contributed by atoms with Gasteiger partial charge in [-0.2, -0.15) is 38.0 Å². The molecule has 2 unspecified atom stereocenters. The number of likely N-dealkylation sites (N-methyl/N-ethyl adjacent to an activating group) is 2. The Morgan fingerprint density at radius 2 is 1.00 bits per heavy atom. The molecule has 2 aromatic carbocycles. The Balaban J connectivity index is 0.000000216. The number of fused-ring (bicyclic) bond motifs is 2. The summed E-state index contributed by atoms with van der Waals surface area (Å²) in [5.41, 5.74) is -0.0862. The number of carbonyl (C=O) groups excluding carboxylic acids is 4. The normalized spacial score (nSPS) is 12.1. The molecule has 74 heavy (non-hydrogen) atoms. The van der Waals surface area contributed by atoms with Crippen molar-refractivity contribution in [3.8, 4) is 34.0 Å².